The summed E-state index contributed by atoms with van der Waals surface area (Å²) in [6, 6.07) is 5.97. The number of aliphatic imine (C=N–C) groups is 1. The Morgan fingerprint density at radius 3 is 2.12 bits per heavy atom. The van der Waals surface area contributed by atoms with Crippen molar-refractivity contribution < 1.29 is 15.2 Å². The van der Waals surface area contributed by atoms with Crippen molar-refractivity contribution in [1.29, 1.82) is 0 Å². The summed E-state index contributed by atoms with van der Waals surface area (Å²) in [6.07, 6.45) is 0. The number of nitro groups is 1. The Bertz CT molecular complexity index is 438. The van der Waals surface area contributed by atoms with Gasteiger partial charge in [-0.2, -0.15) is 0 Å². The van der Waals surface area contributed by atoms with Crippen LogP contribution in [0.4, 0.5) is 11.4 Å². The maximum atomic E-state index is 10.5. The Hall–Kier alpha value is -2.91. The molecular weight excluding hydrogens is 234 g/mol. The molecule has 0 heterocycles. The fourth-order valence-corrected chi connectivity index (χ4v) is 0.852. The molecule has 92 valence electrons. The van der Waals surface area contributed by atoms with Crippen LogP contribution in [0.2, 0.25) is 0 Å². The fourth-order valence-electron chi connectivity index (χ4n) is 0.852. The number of guanidine groups is 1. The Morgan fingerprint density at radius 1 is 1.24 bits per heavy atom. The van der Waals surface area contributed by atoms with Gasteiger partial charge in [0.15, 0.2) is 5.96 Å². The van der Waals surface area contributed by atoms with Gasteiger partial charge in [-0.25, -0.2) is 4.99 Å². The van der Waals surface area contributed by atoms with E-state index in [1.165, 1.54) is 12.1 Å². The summed E-state index contributed by atoms with van der Waals surface area (Å²) in [7, 11) is 0. The van der Waals surface area contributed by atoms with Crippen LogP contribution in [0.1, 0.15) is 0 Å². The lowest BCUT2D eigenvalue weighted by Crippen LogP contribution is -2.22. The molecule has 0 aliphatic heterocycles. The van der Waals surface area contributed by atoms with Gasteiger partial charge in [0.05, 0.1) is 4.92 Å². The molecule has 0 aliphatic carbocycles. The molecule has 10 nitrogen and oxygen atoms in total. The number of benzene rings is 1. The van der Waals surface area contributed by atoms with E-state index in [1.54, 1.807) is 12.1 Å². The van der Waals surface area contributed by atoms with Crippen molar-refractivity contribution in [1.82, 2.24) is 0 Å². The third kappa shape index (κ3) is 6.22. The van der Waals surface area contributed by atoms with Crippen molar-refractivity contribution in [3.8, 4) is 0 Å². The highest BCUT2D eigenvalue weighted by atomic mass is 16.9. The normalized spacial score (nSPS) is 8.47. The second-order valence-corrected chi connectivity index (χ2v) is 2.52. The van der Waals surface area contributed by atoms with Gasteiger partial charge in [0.25, 0.3) is 10.8 Å². The number of hydrogen-bond acceptors (Lipinski definition) is 5. The zero-order valence-electron chi connectivity index (χ0n) is 8.39. The van der Waals surface area contributed by atoms with Crippen LogP contribution in [-0.4, -0.2) is 21.2 Å². The average Bonchev–Trinajstić information content (AvgIpc) is 2.16. The molecule has 0 saturated carbocycles. The number of nitro benzene ring substituents is 1. The zero-order chi connectivity index (χ0) is 13.4. The van der Waals surface area contributed by atoms with Gasteiger partial charge in [-0.3, -0.25) is 10.1 Å². The second kappa shape index (κ2) is 6.55. The van der Waals surface area contributed by atoms with E-state index >= 15 is 0 Å². The molecule has 10 heteroatoms. The standard InChI is InChI=1S/C7H8N4O2.HNO3/c8-7(9)10-5-3-1-2-4-6(5)11(12)13;2-1(3)4/h1-4H,(H4,8,9,10);(H,2,3,4). The predicted octanol–water partition coefficient (Wildman–Crippen LogP) is 0.152. The summed E-state index contributed by atoms with van der Waals surface area (Å²) in [5, 5.41) is 24.1. The van der Waals surface area contributed by atoms with Gasteiger partial charge >= 0.3 is 0 Å². The Balaban J connectivity index is 0.000000557. The first-order valence-electron chi connectivity index (χ1n) is 4.01. The van der Waals surface area contributed by atoms with Crippen molar-refractivity contribution in [3.63, 3.8) is 0 Å². The molecule has 5 N–H and O–H groups in total. The molecule has 0 aromatic heterocycles. The summed E-state index contributed by atoms with van der Waals surface area (Å²) >= 11 is 0. The lowest BCUT2D eigenvalue weighted by molar-refractivity contribution is -0.742. The van der Waals surface area contributed by atoms with E-state index in [2.05, 4.69) is 4.99 Å². The summed E-state index contributed by atoms with van der Waals surface area (Å²) in [5.74, 6) is -0.200. The average molecular weight is 243 g/mol. The van der Waals surface area contributed by atoms with Crippen molar-refractivity contribution in [2.75, 3.05) is 0 Å². The Morgan fingerprint density at radius 2 is 1.71 bits per heavy atom. The van der Waals surface area contributed by atoms with Crippen molar-refractivity contribution >= 4 is 17.3 Å². The van der Waals surface area contributed by atoms with E-state index in [4.69, 9.17) is 26.8 Å². The molecule has 0 spiro atoms. The van der Waals surface area contributed by atoms with E-state index in [-0.39, 0.29) is 17.3 Å². The van der Waals surface area contributed by atoms with Crippen molar-refractivity contribution in [2.45, 2.75) is 0 Å². The molecule has 0 amide bonds. The smallest absolute Gasteiger partial charge is 0.294 e. The topological polar surface area (TPSA) is 171 Å². The largest absolute Gasteiger partial charge is 0.370 e. The second-order valence-electron chi connectivity index (χ2n) is 2.52. The highest BCUT2D eigenvalue weighted by molar-refractivity contribution is 5.80. The van der Waals surface area contributed by atoms with Crippen LogP contribution in [-0.2, 0) is 0 Å². The van der Waals surface area contributed by atoms with E-state index in [0.717, 1.165) is 0 Å². The minimum Gasteiger partial charge on any atom is -0.370 e. The molecule has 0 radical (unpaired) electrons. The number of hydrogen-bond donors (Lipinski definition) is 3. The minimum absolute atomic E-state index is 0.115. The van der Waals surface area contributed by atoms with E-state index in [9.17, 15) is 10.1 Å². The van der Waals surface area contributed by atoms with Gasteiger partial charge in [0, 0.05) is 6.07 Å². The number of para-hydroxylation sites is 2. The third-order valence-electron chi connectivity index (χ3n) is 1.33. The number of rotatable bonds is 2. The molecule has 0 atom stereocenters. The molecule has 17 heavy (non-hydrogen) atoms. The van der Waals surface area contributed by atoms with Gasteiger partial charge in [0.2, 0.25) is 0 Å². The van der Waals surface area contributed by atoms with Gasteiger partial charge in [-0.15, -0.1) is 10.1 Å². The predicted molar refractivity (Wildman–Crippen MR) is 57.3 cm³/mol. The van der Waals surface area contributed by atoms with Gasteiger partial charge in [-0.1, -0.05) is 12.1 Å². The lowest BCUT2D eigenvalue weighted by atomic mass is 10.3. The first-order chi connectivity index (χ1) is 7.84. The summed E-state index contributed by atoms with van der Waals surface area (Å²) < 4.78 is 0. The molecule has 0 fully saturated rings. The highest BCUT2D eigenvalue weighted by Gasteiger charge is 2.10. The Labute approximate surface area is 94.4 Å². The Kier molecular flexibility index (Phi) is 5.43. The zero-order valence-corrected chi connectivity index (χ0v) is 8.39. The molecule has 1 rings (SSSR count). The summed E-state index contributed by atoms with van der Waals surface area (Å²) in [6.45, 7) is 0. The SMILES string of the molecule is NC(N)=Nc1ccccc1[N+](=O)[O-].O=[N+]([O-])O. The molecular formula is C7H9N5O5. The first kappa shape index (κ1) is 14.1. The van der Waals surface area contributed by atoms with Gasteiger partial charge < -0.3 is 16.7 Å². The van der Waals surface area contributed by atoms with E-state index < -0.39 is 10.0 Å². The third-order valence-corrected chi connectivity index (χ3v) is 1.33. The maximum Gasteiger partial charge on any atom is 0.294 e. The molecule has 0 saturated heterocycles. The van der Waals surface area contributed by atoms with E-state index in [0.29, 0.717) is 0 Å². The van der Waals surface area contributed by atoms with Crippen LogP contribution in [0.25, 0.3) is 0 Å². The summed E-state index contributed by atoms with van der Waals surface area (Å²) in [5.41, 5.74) is 10.2. The molecule has 0 bridgehead atoms. The van der Waals surface area contributed by atoms with Crippen LogP contribution >= 0.6 is 0 Å². The quantitative estimate of drug-likeness (QED) is 0.287. The van der Waals surface area contributed by atoms with Crippen LogP contribution in [0.3, 0.4) is 0 Å². The lowest BCUT2D eigenvalue weighted by Gasteiger charge is -1.96. The van der Waals surface area contributed by atoms with Crippen LogP contribution < -0.4 is 11.5 Å². The van der Waals surface area contributed by atoms with Crippen molar-refractivity contribution in [3.05, 3.63) is 44.5 Å². The van der Waals surface area contributed by atoms with E-state index in [1.807, 2.05) is 0 Å². The number of nitrogens with two attached hydrogens (primary N) is 2. The molecule has 1 aromatic carbocycles. The minimum atomic E-state index is -1.50. The van der Waals surface area contributed by atoms with Crippen LogP contribution in [0.5, 0.6) is 0 Å². The number of nitrogens with zero attached hydrogens (tertiary/aromatic N) is 3. The monoisotopic (exact) mass is 243 g/mol. The van der Waals surface area contributed by atoms with Crippen molar-refractivity contribution in [2.24, 2.45) is 16.5 Å². The first-order valence-corrected chi connectivity index (χ1v) is 4.01. The highest BCUT2D eigenvalue weighted by Crippen LogP contribution is 2.25. The molecule has 0 aliphatic rings. The maximum absolute atomic E-state index is 10.5. The molecule has 1 aromatic rings. The molecule has 0 unspecified atom stereocenters. The van der Waals surface area contributed by atoms with Gasteiger partial charge in [0.1, 0.15) is 5.69 Å². The fraction of sp³-hybridized carbons (Fsp3) is 0. The van der Waals surface area contributed by atoms with Crippen LogP contribution in [0, 0.1) is 20.2 Å². The summed E-state index contributed by atoms with van der Waals surface area (Å²) in [4.78, 5) is 21.9. The van der Waals surface area contributed by atoms with Gasteiger partial charge in [-0.05, 0) is 6.07 Å². The van der Waals surface area contributed by atoms with Crippen LogP contribution in [0.15, 0.2) is 29.3 Å².